The zero-order valence-electron chi connectivity index (χ0n) is 16.6. The quantitative estimate of drug-likeness (QED) is 0.564. The maximum absolute atomic E-state index is 12.9. The first-order valence-corrected chi connectivity index (χ1v) is 11.0. The van der Waals surface area contributed by atoms with Crippen molar-refractivity contribution in [3.05, 3.63) is 40.8 Å². The van der Waals surface area contributed by atoms with Crippen LogP contribution in [-0.4, -0.2) is 40.9 Å². The molecule has 3 rings (SSSR count). The lowest BCUT2D eigenvalue weighted by atomic mass is 10.1. The molecule has 3 aromatic heterocycles. The first-order chi connectivity index (χ1) is 14.2. The number of unbranched alkanes of at least 4 members (excludes halogenated alkanes) is 1. The summed E-state index contributed by atoms with van der Waals surface area (Å²) < 4.78 is 34.0. The Morgan fingerprint density at radius 1 is 1.27 bits per heavy atom. The Bertz CT molecular complexity index is 1190. The topological polar surface area (TPSA) is 128 Å². The molecule has 3 aromatic rings. The number of aryl methyl sites for hydroxylation is 2. The Kier molecular flexibility index (Phi) is 6.42. The fourth-order valence-corrected chi connectivity index (χ4v) is 4.35. The minimum atomic E-state index is -4.34. The SMILES string of the molecule is CCCCc1ccc2nc(Cl)c(S(=O)(=O)NC(=O)Nc3nc(C)cc(OC)n3)n2c1. The van der Waals surface area contributed by atoms with E-state index in [9.17, 15) is 13.2 Å². The summed E-state index contributed by atoms with van der Waals surface area (Å²) in [5.41, 5.74) is 1.82. The monoisotopic (exact) mass is 452 g/mol. The summed E-state index contributed by atoms with van der Waals surface area (Å²) in [5, 5.41) is 1.72. The van der Waals surface area contributed by atoms with Gasteiger partial charge in [-0.15, -0.1) is 0 Å². The molecular weight excluding hydrogens is 432 g/mol. The number of pyridine rings is 1. The van der Waals surface area contributed by atoms with Crippen LogP contribution in [0.3, 0.4) is 0 Å². The molecule has 0 fully saturated rings. The second kappa shape index (κ2) is 8.84. The van der Waals surface area contributed by atoms with Crippen LogP contribution in [0.4, 0.5) is 10.7 Å². The van der Waals surface area contributed by atoms with Crippen LogP contribution in [0.15, 0.2) is 29.4 Å². The van der Waals surface area contributed by atoms with E-state index in [1.165, 1.54) is 11.5 Å². The minimum absolute atomic E-state index is 0.106. The van der Waals surface area contributed by atoms with E-state index < -0.39 is 16.1 Å². The summed E-state index contributed by atoms with van der Waals surface area (Å²) in [6.45, 7) is 3.75. The Morgan fingerprint density at radius 2 is 2.03 bits per heavy atom. The van der Waals surface area contributed by atoms with Gasteiger partial charge in [0.25, 0.3) is 10.0 Å². The number of carbonyl (C=O) groups excluding carboxylic acids is 1. The van der Waals surface area contributed by atoms with E-state index in [0.29, 0.717) is 11.3 Å². The molecule has 2 N–H and O–H groups in total. The molecule has 30 heavy (non-hydrogen) atoms. The van der Waals surface area contributed by atoms with Crippen LogP contribution in [0.1, 0.15) is 31.0 Å². The number of ether oxygens (including phenoxy) is 1. The van der Waals surface area contributed by atoms with Gasteiger partial charge in [0.05, 0.1) is 7.11 Å². The number of aromatic nitrogens is 4. The number of halogens is 1. The lowest BCUT2D eigenvalue weighted by Crippen LogP contribution is -2.35. The summed E-state index contributed by atoms with van der Waals surface area (Å²) in [5.74, 6) is 0.121. The van der Waals surface area contributed by atoms with Crippen LogP contribution in [0, 0.1) is 6.92 Å². The number of nitrogens with zero attached hydrogens (tertiary/aromatic N) is 4. The van der Waals surface area contributed by atoms with E-state index >= 15 is 0 Å². The number of amides is 2. The number of sulfonamides is 1. The number of carbonyl (C=O) groups is 1. The average molecular weight is 453 g/mol. The molecule has 12 heteroatoms. The van der Waals surface area contributed by atoms with Gasteiger partial charge in [0.2, 0.25) is 11.8 Å². The smallest absolute Gasteiger partial charge is 0.335 e. The Labute approximate surface area is 178 Å². The summed E-state index contributed by atoms with van der Waals surface area (Å²) in [4.78, 5) is 24.3. The van der Waals surface area contributed by atoms with Gasteiger partial charge in [0, 0.05) is 18.0 Å². The predicted molar refractivity (Wildman–Crippen MR) is 111 cm³/mol. The van der Waals surface area contributed by atoms with Gasteiger partial charge < -0.3 is 4.74 Å². The van der Waals surface area contributed by atoms with Gasteiger partial charge >= 0.3 is 6.03 Å². The van der Waals surface area contributed by atoms with Crippen molar-refractivity contribution >= 4 is 39.3 Å². The molecule has 0 saturated carbocycles. The van der Waals surface area contributed by atoms with Crippen LogP contribution in [0.2, 0.25) is 5.15 Å². The van der Waals surface area contributed by atoms with Gasteiger partial charge in [0.15, 0.2) is 10.2 Å². The number of anilines is 1. The molecule has 0 aliphatic rings. The second-order valence-corrected chi connectivity index (χ2v) is 8.47. The molecule has 0 aliphatic carbocycles. The van der Waals surface area contributed by atoms with Crippen molar-refractivity contribution in [3.8, 4) is 5.88 Å². The molecule has 0 bridgehead atoms. The third-order valence-electron chi connectivity index (χ3n) is 4.16. The average Bonchev–Trinajstić information content (AvgIpc) is 3.00. The van der Waals surface area contributed by atoms with Crippen molar-refractivity contribution < 1.29 is 17.9 Å². The third kappa shape index (κ3) is 4.79. The zero-order chi connectivity index (χ0) is 21.9. The fraction of sp³-hybridized carbons (Fsp3) is 0.333. The van der Waals surface area contributed by atoms with Crippen LogP contribution >= 0.6 is 11.6 Å². The van der Waals surface area contributed by atoms with Gasteiger partial charge in [0.1, 0.15) is 5.65 Å². The number of hydrogen-bond donors (Lipinski definition) is 2. The highest BCUT2D eigenvalue weighted by Gasteiger charge is 2.27. The number of urea groups is 1. The maximum Gasteiger partial charge on any atom is 0.335 e. The summed E-state index contributed by atoms with van der Waals surface area (Å²) in [6, 6.07) is 4.07. The maximum atomic E-state index is 12.9. The van der Waals surface area contributed by atoms with Crippen molar-refractivity contribution in [2.45, 2.75) is 38.1 Å². The predicted octanol–water partition coefficient (Wildman–Crippen LogP) is 2.95. The first-order valence-electron chi connectivity index (χ1n) is 9.13. The standard InChI is InChI=1S/C18H21ClN6O4S/c1-4-5-6-12-7-8-13-21-15(19)16(25(13)10-12)30(27,28)24-18(26)23-17-20-11(2)9-14(22-17)29-3/h7-10H,4-6H2,1-3H3,(H2,20,22,23,24,26). The highest BCUT2D eigenvalue weighted by atomic mass is 35.5. The highest BCUT2D eigenvalue weighted by Crippen LogP contribution is 2.23. The first kappa shape index (κ1) is 21.8. The molecule has 0 spiro atoms. The lowest BCUT2D eigenvalue weighted by Gasteiger charge is -2.10. The molecule has 0 aromatic carbocycles. The van der Waals surface area contributed by atoms with E-state index in [0.717, 1.165) is 24.8 Å². The van der Waals surface area contributed by atoms with E-state index in [1.807, 2.05) is 10.8 Å². The van der Waals surface area contributed by atoms with E-state index in [1.54, 1.807) is 25.3 Å². The van der Waals surface area contributed by atoms with Gasteiger partial charge in [-0.3, -0.25) is 9.72 Å². The number of nitrogens with one attached hydrogen (secondary N) is 2. The molecule has 0 aliphatic heterocycles. The van der Waals surface area contributed by atoms with Crippen LogP contribution in [0.25, 0.3) is 5.65 Å². The van der Waals surface area contributed by atoms with E-state index in [2.05, 4.69) is 27.2 Å². The summed E-state index contributed by atoms with van der Waals surface area (Å²) in [6.07, 6.45) is 4.39. The lowest BCUT2D eigenvalue weighted by molar-refractivity contribution is 0.256. The van der Waals surface area contributed by atoms with Crippen LogP contribution in [0.5, 0.6) is 5.88 Å². The molecule has 0 saturated heterocycles. The van der Waals surface area contributed by atoms with Crippen molar-refractivity contribution in [3.63, 3.8) is 0 Å². The molecule has 10 nitrogen and oxygen atoms in total. The number of methoxy groups -OCH3 is 1. The highest BCUT2D eigenvalue weighted by molar-refractivity contribution is 7.90. The van der Waals surface area contributed by atoms with E-state index in [4.69, 9.17) is 16.3 Å². The van der Waals surface area contributed by atoms with Gasteiger partial charge in [-0.05, 0) is 31.4 Å². The Balaban J connectivity index is 1.87. The number of fused-ring (bicyclic) bond motifs is 1. The van der Waals surface area contributed by atoms with Crippen molar-refractivity contribution in [2.75, 3.05) is 12.4 Å². The molecule has 0 atom stereocenters. The van der Waals surface area contributed by atoms with Gasteiger partial charge in [-0.1, -0.05) is 31.0 Å². The Hall–Kier alpha value is -2.92. The molecule has 0 unspecified atom stereocenters. The molecule has 3 heterocycles. The zero-order valence-corrected chi connectivity index (χ0v) is 18.2. The number of hydrogen-bond acceptors (Lipinski definition) is 7. The second-order valence-electron chi connectivity index (χ2n) is 6.51. The van der Waals surface area contributed by atoms with Crippen molar-refractivity contribution in [2.24, 2.45) is 0 Å². The largest absolute Gasteiger partial charge is 0.481 e. The number of imidazole rings is 1. The molecule has 160 valence electrons. The minimum Gasteiger partial charge on any atom is -0.481 e. The summed E-state index contributed by atoms with van der Waals surface area (Å²) in [7, 11) is -2.92. The van der Waals surface area contributed by atoms with Crippen LogP contribution in [-0.2, 0) is 16.4 Å². The van der Waals surface area contributed by atoms with Gasteiger partial charge in [-0.25, -0.2) is 19.5 Å². The normalized spacial score (nSPS) is 11.5. The number of rotatable bonds is 7. The van der Waals surface area contributed by atoms with Gasteiger partial charge in [-0.2, -0.15) is 13.4 Å². The molecular formula is C18H21ClN6O4S. The van der Waals surface area contributed by atoms with Crippen molar-refractivity contribution in [1.82, 2.24) is 24.1 Å². The van der Waals surface area contributed by atoms with Crippen LogP contribution < -0.4 is 14.8 Å². The fourth-order valence-electron chi connectivity index (χ4n) is 2.81. The Morgan fingerprint density at radius 3 is 2.73 bits per heavy atom. The van der Waals surface area contributed by atoms with E-state index in [-0.39, 0.29) is 22.0 Å². The third-order valence-corrected chi connectivity index (χ3v) is 5.89. The molecule has 2 amide bonds. The van der Waals surface area contributed by atoms with Crippen molar-refractivity contribution in [1.29, 1.82) is 0 Å². The molecule has 0 radical (unpaired) electrons. The summed E-state index contributed by atoms with van der Waals surface area (Å²) >= 11 is 6.09.